The minimum atomic E-state index is -0.0343. The Kier molecular flexibility index (Phi) is 6.04. The van der Waals surface area contributed by atoms with E-state index in [0.717, 1.165) is 72.0 Å². The Morgan fingerprint density at radius 2 is 1.79 bits per heavy atom. The summed E-state index contributed by atoms with van der Waals surface area (Å²) in [5, 5.41) is 11.3. The molecule has 4 fully saturated rings. The van der Waals surface area contributed by atoms with Crippen LogP contribution in [0.5, 0.6) is 0 Å². The lowest BCUT2D eigenvalue weighted by Gasteiger charge is -2.56. The van der Waals surface area contributed by atoms with Gasteiger partial charge in [0.2, 0.25) is 0 Å². The van der Waals surface area contributed by atoms with Gasteiger partial charge in [0.15, 0.2) is 11.0 Å². The molecule has 180 valence electrons. The highest BCUT2D eigenvalue weighted by Gasteiger charge is 2.54. The van der Waals surface area contributed by atoms with E-state index < -0.39 is 0 Å². The van der Waals surface area contributed by atoms with Gasteiger partial charge in [0.05, 0.1) is 5.75 Å². The average molecular weight is 477 g/mol. The first-order valence-corrected chi connectivity index (χ1v) is 14.3. The molecule has 0 atom stereocenters. The van der Waals surface area contributed by atoms with Crippen molar-refractivity contribution in [2.75, 3.05) is 5.75 Å². The van der Waals surface area contributed by atoms with Gasteiger partial charge in [-0.25, -0.2) is 0 Å². The highest BCUT2D eigenvalue weighted by molar-refractivity contribution is 7.99. The number of H-pyrrole nitrogens is 1. The van der Waals surface area contributed by atoms with E-state index in [1.54, 1.807) is 11.8 Å². The summed E-state index contributed by atoms with van der Waals surface area (Å²) in [6.07, 6.45) is 14.4. The Labute approximate surface area is 206 Å². The van der Waals surface area contributed by atoms with Crippen molar-refractivity contribution in [1.82, 2.24) is 19.7 Å². The van der Waals surface area contributed by atoms with Gasteiger partial charge in [0.25, 0.3) is 0 Å². The number of benzene rings is 1. The molecule has 6 heteroatoms. The zero-order valence-corrected chi connectivity index (χ0v) is 21.1. The lowest BCUT2D eigenvalue weighted by atomic mass is 9.48. The number of ketones is 1. The van der Waals surface area contributed by atoms with Gasteiger partial charge in [0.1, 0.15) is 5.78 Å². The SMILES string of the molecule is CCCCCCn1c(SCC(=O)C23CC4CC(CC(C4)C2)C3)nnc1-c1c[nH]c2ccccc12. The van der Waals surface area contributed by atoms with Crippen molar-refractivity contribution in [3.05, 3.63) is 30.5 Å². The zero-order valence-electron chi connectivity index (χ0n) is 20.3. The van der Waals surface area contributed by atoms with E-state index >= 15 is 0 Å². The molecule has 0 radical (unpaired) electrons. The molecule has 2 aromatic heterocycles. The Morgan fingerprint density at radius 3 is 2.53 bits per heavy atom. The molecular weight excluding hydrogens is 440 g/mol. The van der Waals surface area contributed by atoms with Crippen molar-refractivity contribution >= 4 is 28.4 Å². The summed E-state index contributed by atoms with van der Waals surface area (Å²) in [5.74, 6) is 4.33. The van der Waals surface area contributed by atoms with Crippen molar-refractivity contribution in [3.8, 4) is 11.4 Å². The summed E-state index contributed by atoms with van der Waals surface area (Å²) in [6, 6.07) is 8.36. The number of hydrogen-bond donors (Lipinski definition) is 1. The first kappa shape index (κ1) is 22.4. The normalized spacial score (nSPS) is 27.6. The maximum atomic E-state index is 13.6. The summed E-state index contributed by atoms with van der Waals surface area (Å²) in [4.78, 5) is 17.0. The van der Waals surface area contributed by atoms with E-state index in [1.165, 1.54) is 43.9 Å². The fourth-order valence-corrected chi connectivity index (χ4v) is 8.48. The molecule has 1 N–H and O–H groups in total. The molecule has 34 heavy (non-hydrogen) atoms. The Bertz CT molecular complexity index is 1140. The van der Waals surface area contributed by atoms with Crippen LogP contribution in [0.1, 0.15) is 71.1 Å². The number of hydrogen-bond acceptors (Lipinski definition) is 4. The smallest absolute Gasteiger partial charge is 0.191 e. The second-order valence-electron chi connectivity index (χ2n) is 11.2. The predicted molar refractivity (Wildman–Crippen MR) is 138 cm³/mol. The largest absolute Gasteiger partial charge is 0.360 e. The third-order valence-electron chi connectivity index (χ3n) is 8.74. The fraction of sp³-hybridized carbons (Fsp3) is 0.607. The number of aromatic amines is 1. The van der Waals surface area contributed by atoms with E-state index in [4.69, 9.17) is 0 Å². The fourth-order valence-electron chi connectivity index (χ4n) is 7.48. The Hall–Kier alpha value is -2.08. The van der Waals surface area contributed by atoms with Gasteiger partial charge in [-0.05, 0) is 68.8 Å². The standard InChI is InChI=1S/C28H36N4OS/c1-2-3-4-7-10-32-26(23-17-29-24-9-6-5-8-22(23)24)30-31-27(32)34-18-25(33)28-14-19-11-20(15-28)13-21(12-19)16-28/h5-6,8-9,17,19-21,29H,2-4,7,10-16,18H2,1H3. The predicted octanol–water partition coefficient (Wildman–Crippen LogP) is 6.88. The van der Waals surface area contributed by atoms with Gasteiger partial charge < -0.3 is 9.55 Å². The van der Waals surface area contributed by atoms with Crippen molar-refractivity contribution in [1.29, 1.82) is 0 Å². The van der Waals surface area contributed by atoms with Gasteiger partial charge in [-0.2, -0.15) is 0 Å². The van der Waals surface area contributed by atoms with Crippen LogP contribution in [-0.2, 0) is 11.3 Å². The number of carbonyl (C=O) groups excluding carboxylic acids is 1. The van der Waals surface area contributed by atoms with Crippen LogP contribution < -0.4 is 0 Å². The molecule has 0 amide bonds. The first-order valence-electron chi connectivity index (χ1n) is 13.3. The molecule has 0 aliphatic heterocycles. The minimum Gasteiger partial charge on any atom is -0.360 e. The first-order chi connectivity index (χ1) is 16.6. The van der Waals surface area contributed by atoms with Gasteiger partial charge in [-0.3, -0.25) is 4.79 Å². The summed E-state index contributed by atoms with van der Waals surface area (Å²) >= 11 is 1.62. The van der Waals surface area contributed by atoms with Gasteiger partial charge in [0, 0.05) is 34.6 Å². The third kappa shape index (κ3) is 4.02. The number of nitrogens with zero attached hydrogens (tertiary/aromatic N) is 3. The Balaban J connectivity index is 1.23. The number of fused-ring (bicyclic) bond motifs is 1. The summed E-state index contributed by atoms with van der Waals surface area (Å²) < 4.78 is 2.27. The quantitative estimate of drug-likeness (QED) is 0.256. The second-order valence-corrected chi connectivity index (χ2v) is 12.1. The number of thioether (sulfide) groups is 1. The molecule has 5 nitrogen and oxygen atoms in total. The lowest BCUT2D eigenvalue weighted by Crippen LogP contribution is -2.50. The van der Waals surface area contributed by atoms with Crippen LogP contribution in [0.2, 0.25) is 0 Å². The average Bonchev–Trinajstić information content (AvgIpc) is 3.43. The number of Topliss-reactive ketones (excluding diaryl/α,β-unsaturated/α-hetero) is 1. The monoisotopic (exact) mass is 476 g/mol. The number of aromatic nitrogens is 4. The number of unbranched alkanes of at least 4 members (excludes halogenated alkanes) is 3. The summed E-state index contributed by atoms with van der Waals surface area (Å²) in [6.45, 7) is 3.14. The van der Waals surface area contributed by atoms with Gasteiger partial charge >= 0.3 is 0 Å². The van der Waals surface area contributed by atoms with E-state index in [0.29, 0.717) is 11.5 Å². The molecule has 0 unspecified atom stereocenters. The molecule has 7 rings (SSSR count). The molecule has 3 aromatic rings. The summed E-state index contributed by atoms with van der Waals surface area (Å²) in [7, 11) is 0. The van der Waals surface area contributed by atoms with Crippen LogP contribution in [0.25, 0.3) is 22.3 Å². The highest BCUT2D eigenvalue weighted by atomic mass is 32.2. The number of carbonyl (C=O) groups is 1. The second kappa shape index (κ2) is 9.18. The Morgan fingerprint density at radius 1 is 1.06 bits per heavy atom. The van der Waals surface area contributed by atoms with Crippen LogP contribution in [0.15, 0.2) is 35.6 Å². The van der Waals surface area contributed by atoms with E-state index in [9.17, 15) is 4.79 Å². The maximum Gasteiger partial charge on any atom is 0.191 e. The van der Waals surface area contributed by atoms with Crippen LogP contribution in [0.4, 0.5) is 0 Å². The number of nitrogens with one attached hydrogen (secondary N) is 1. The van der Waals surface area contributed by atoms with Gasteiger partial charge in [-0.1, -0.05) is 56.1 Å². The molecule has 4 aliphatic carbocycles. The van der Waals surface area contributed by atoms with Crippen molar-refractivity contribution < 1.29 is 4.79 Å². The molecule has 4 bridgehead atoms. The maximum absolute atomic E-state index is 13.6. The highest BCUT2D eigenvalue weighted by Crippen LogP contribution is 2.60. The lowest BCUT2D eigenvalue weighted by molar-refractivity contribution is -0.141. The van der Waals surface area contributed by atoms with E-state index in [2.05, 4.69) is 50.9 Å². The molecule has 0 saturated heterocycles. The molecule has 4 aliphatic rings. The topological polar surface area (TPSA) is 63.6 Å². The van der Waals surface area contributed by atoms with E-state index in [1.807, 2.05) is 6.20 Å². The van der Waals surface area contributed by atoms with Gasteiger partial charge in [-0.15, -0.1) is 10.2 Å². The van der Waals surface area contributed by atoms with Crippen LogP contribution >= 0.6 is 11.8 Å². The van der Waals surface area contributed by atoms with Crippen LogP contribution in [0.3, 0.4) is 0 Å². The number of para-hydroxylation sites is 1. The van der Waals surface area contributed by atoms with Crippen molar-refractivity contribution in [2.45, 2.75) is 82.8 Å². The van der Waals surface area contributed by atoms with Crippen LogP contribution in [0, 0.1) is 23.2 Å². The molecule has 2 heterocycles. The molecule has 0 spiro atoms. The molecular formula is C28H36N4OS. The summed E-state index contributed by atoms with van der Waals surface area (Å²) in [5.41, 5.74) is 2.18. The third-order valence-corrected chi connectivity index (χ3v) is 9.71. The zero-order chi connectivity index (χ0) is 23.1. The molecule has 4 saturated carbocycles. The number of rotatable bonds is 10. The molecule has 1 aromatic carbocycles. The minimum absolute atomic E-state index is 0.0343. The van der Waals surface area contributed by atoms with Crippen LogP contribution in [-0.4, -0.2) is 31.3 Å². The van der Waals surface area contributed by atoms with Crippen molar-refractivity contribution in [2.24, 2.45) is 23.2 Å². The van der Waals surface area contributed by atoms with Crippen molar-refractivity contribution in [3.63, 3.8) is 0 Å². The van der Waals surface area contributed by atoms with E-state index in [-0.39, 0.29) is 5.41 Å².